The Morgan fingerprint density at radius 2 is 1.88 bits per heavy atom. The Bertz CT molecular complexity index is 197. The van der Waals surface area contributed by atoms with E-state index in [2.05, 4.69) is 19.6 Å². The monoisotopic (exact) mass is 262 g/mol. The van der Waals surface area contributed by atoms with Crippen LogP contribution in [0.15, 0.2) is 0 Å². The van der Waals surface area contributed by atoms with Crippen molar-refractivity contribution in [3.63, 3.8) is 0 Å². The second kappa shape index (κ2) is 10.9. The van der Waals surface area contributed by atoms with Gasteiger partial charge in [-0.2, -0.15) is 12.6 Å². The van der Waals surface area contributed by atoms with Crippen molar-refractivity contribution in [1.29, 1.82) is 0 Å². The Hall–Kier alpha value is -0.220. The summed E-state index contributed by atoms with van der Waals surface area (Å²) in [5.74, 6) is -0.270. The fraction of sp³-hybridized carbons (Fsp3) is 0.923. The van der Waals surface area contributed by atoms with Gasteiger partial charge >= 0.3 is 5.97 Å². The lowest BCUT2D eigenvalue weighted by Gasteiger charge is -2.19. The lowest BCUT2D eigenvalue weighted by Crippen LogP contribution is -2.27. The van der Waals surface area contributed by atoms with Crippen molar-refractivity contribution in [2.75, 3.05) is 6.61 Å². The van der Waals surface area contributed by atoms with Crippen molar-refractivity contribution in [2.24, 2.45) is 0 Å². The molecule has 0 spiro atoms. The topological polar surface area (TPSA) is 35.5 Å². The molecule has 17 heavy (non-hydrogen) atoms. The molecule has 0 aliphatic carbocycles. The number of hydrogen-bond donors (Lipinski definition) is 1. The summed E-state index contributed by atoms with van der Waals surface area (Å²) in [7, 11) is 0. The van der Waals surface area contributed by atoms with Crippen LogP contribution in [0.1, 0.15) is 59.3 Å². The number of carbonyl (C=O) groups is 1. The zero-order chi connectivity index (χ0) is 13.1. The van der Waals surface area contributed by atoms with Crippen molar-refractivity contribution in [3.8, 4) is 0 Å². The highest BCUT2D eigenvalue weighted by atomic mass is 32.1. The maximum Gasteiger partial charge on any atom is 0.321 e. The summed E-state index contributed by atoms with van der Waals surface area (Å²) in [5, 5.41) is -0.339. The van der Waals surface area contributed by atoms with Crippen molar-refractivity contribution < 1.29 is 14.3 Å². The molecule has 0 fully saturated rings. The highest BCUT2D eigenvalue weighted by Gasteiger charge is 2.19. The summed E-state index contributed by atoms with van der Waals surface area (Å²) in [6.07, 6.45) is 5.32. The molecule has 0 bridgehead atoms. The van der Waals surface area contributed by atoms with E-state index >= 15 is 0 Å². The van der Waals surface area contributed by atoms with Gasteiger partial charge in [0.1, 0.15) is 0 Å². The first-order valence-corrected chi connectivity index (χ1v) is 7.17. The highest BCUT2D eigenvalue weighted by Crippen LogP contribution is 2.12. The highest BCUT2D eigenvalue weighted by molar-refractivity contribution is 7.81. The summed E-state index contributed by atoms with van der Waals surface area (Å²) in [5.41, 5.74) is 0. The van der Waals surface area contributed by atoms with Crippen molar-refractivity contribution in [2.45, 2.75) is 70.8 Å². The molecule has 0 aromatic carbocycles. The first-order chi connectivity index (χ1) is 8.15. The molecule has 0 aliphatic heterocycles. The van der Waals surface area contributed by atoms with Gasteiger partial charge in [-0.25, -0.2) is 0 Å². The van der Waals surface area contributed by atoms with E-state index in [0.717, 1.165) is 32.1 Å². The minimum atomic E-state index is -0.393. The zero-order valence-corrected chi connectivity index (χ0v) is 12.2. The van der Waals surface area contributed by atoms with Crippen LogP contribution in [0, 0.1) is 0 Å². The Kier molecular flexibility index (Phi) is 10.8. The van der Waals surface area contributed by atoms with Gasteiger partial charge < -0.3 is 9.47 Å². The maximum absolute atomic E-state index is 11.6. The largest absolute Gasteiger partial charge is 0.435 e. The molecule has 0 N–H and O–H groups in total. The predicted octanol–water partition coefficient (Wildman–Crippen LogP) is 3.57. The Morgan fingerprint density at radius 3 is 2.41 bits per heavy atom. The second-order valence-electron chi connectivity index (χ2n) is 4.16. The third-order valence-corrected chi connectivity index (χ3v) is 3.03. The van der Waals surface area contributed by atoms with Crippen LogP contribution in [0.3, 0.4) is 0 Å². The van der Waals surface area contributed by atoms with Crippen molar-refractivity contribution in [1.82, 2.24) is 0 Å². The minimum absolute atomic E-state index is 0.270. The molecule has 0 radical (unpaired) electrons. The number of unbranched alkanes of at least 4 members (excludes halogenated alkanes) is 2. The van der Waals surface area contributed by atoms with Gasteiger partial charge in [-0.1, -0.05) is 33.6 Å². The molecule has 0 saturated carbocycles. The van der Waals surface area contributed by atoms with Crippen LogP contribution in [0.5, 0.6) is 0 Å². The summed E-state index contributed by atoms with van der Waals surface area (Å²) in [4.78, 5) is 11.6. The molecule has 0 rings (SSSR count). The van der Waals surface area contributed by atoms with E-state index in [1.165, 1.54) is 0 Å². The van der Waals surface area contributed by atoms with Crippen LogP contribution in [0.25, 0.3) is 0 Å². The van der Waals surface area contributed by atoms with E-state index in [-0.39, 0.29) is 11.2 Å². The van der Waals surface area contributed by atoms with Crippen LogP contribution in [0.4, 0.5) is 0 Å². The second-order valence-corrected chi connectivity index (χ2v) is 4.78. The fourth-order valence-electron chi connectivity index (χ4n) is 1.36. The Balaban J connectivity index is 4.02. The number of rotatable bonds is 10. The fourth-order valence-corrected chi connectivity index (χ4v) is 1.42. The zero-order valence-electron chi connectivity index (χ0n) is 11.3. The lowest BCUT2D eigenvalue weighted by molar-refractivity contribution is -0.179. The number of ether oxygens (including phenoxy) is 2. The van der Waals surface area contributed by atoms with Gasteiger partial charge in [-0.15, -0.1) is 0 Å². The number of thiol groups is 1. The van der Waals surface area contributed by atoms with Crippen LogP contribution >= 0.6 is 12.6 Å². The molecule has 2 atom stereocenters. The summed E-state index contributed by atoms with van der Waals surface area (Å²) in [6.45, 7) is 6.73. The van der Waals surface area contributed by atoms with E-state index in [1.54, 1.807) is 0 Å². The van der Waals surface area contributed by atoms with Crippen LogP contribution in [-0.2, 0) is 14.3 Å². The average Bonchev–Trinajstić information content (AvgIpc) is 2.34. The van der Waals surface area contributed by atoms with Gasteiger partial charge in [-0.05, 0) is 19.3 Å². The number of hydrogen-bond acceptors (Lipinski definition) is 4. The van der Waals surface area contributed by atoms with E-state index in [0.29, 0.717) is 13.0 Å². The molecule has 0 heterocycles. The van der Waals surface area contributed by atoms with Gasteiger partial charge in [0.2, 0.25) is 6.29 Å². The average molecular weight is 262 g/mol. The van der Waals surface area contributed by atoms with E-state index in [9.17, 15) is 4.79 Å². The molecule has 0 amide bonds. The number of carbonyl (C=O) groups excluding carboxylic acids is 1. The molecule has 102 valence electrons. The van der Waals surface area contributed by atoms with Crippen LogP contribution in [0.2, 0.25) is 0 Å². The minimum Gasteiger partial charge on any atom is -0.435 e. The summed E-state index contributed by atoms with van der Waals surface area (Å²) >= 11 is 4.17. The molecule has 3 nitrogen and oxygen atoms in total. The normalized spacial score (nSPS) is 14.4. The van der Waals surface area contributed by atoms with E-state index in [4.69, 9.17) is 9.47 Å². The quantitative estimate of drug-likeness (QED) is 0.283. The van der Waals surface area contributed by atoms with Gasteiger partial charge in [0, 0.05) is 6.42 Å². The third-order valence-electron chi connectivity index (χ3n) is 2.46. The first-order valence-electron chi connectivity index (χ1n) is 6.65. The Morgan fingerprint density at radius 1 is 1.18 bits per heavy atom. The summed E-state index contributed by atoms with van der Waals surface area (Å²) in [6, 6.07) is 0. The van der Waals surface area contributed by atoms with Crippen LogP contribution in [-0.4, -0.2) is 24.1 Å². The SMILES string of the molecule is CCCCCC(OCCC)OC(=O)C(S)CC. The maximum atomic E-state index is 11.6. The van der Waals surface area contributed by atoms with Crippen molar-refractivity contribution in [3.05, 3.63) is 0 Å². The molecule has 0 aliphatic rings. The molecular formula is C13H26O3S. The van der Waals surface area contributed by atoms with Crippen molar-refractivity contribution >= 4 is 18.6 Å². The first kappa shape index (κ1) is 16.8. The van der Waals surface area contributed by atoms with Gasteiger partial charge in [0.15, 0.2) is 0 Å². The van der Waals surface area contributed by atoms with E-state index in [1.807, 2.05) is 13.8 Å². The lowest BCUT2D eigenvalue weighted by atomic mass is 10.2. The molecule has 2 unspecified atom stereocenters. The third kappa shape index (κ3) is 8.50. The van der Waals surface area contributed by atoms with Gasteiger partial charge in [-0.3, -0.25) is 4.79 Å². The molecular weight excluding hydrogens is 236 g/mol. The number of esters is 1. The Labute approximate surface area is 111 Å². The molecule has 0 aromatic heterocycles. The van der Waals surface area contributed by atoms with Gasteiger partial charge in [0.25, 0.3) is 0 Å². The molecule has 0 aromatic rings. The van der Waals surface area contributed by atoms with Gasteiger partial charge in [0.05, 0.1) is 11.9 Å². The van der Waals surface area contributed by atoms with Crippen LogP contribution < -0.4 is 0 Å². The molecule has 0 saturated heterocycles. The smallest absolute Gasteiger partial charge is 0.321 e. The molecule has 4 heteroatoms. The van der Waals surface area contributed by atoms with E-state index < -0.39 is 6.29 Å². The standard InChI is InChI=1S/C13H26O3S/c1-4-7-8-9-12(15-10-5-2)16-13(14)11(17)6-3/h11-12,17H,4-10H2,1-3H3. The predicted molar refractivity (Wildman–Crippen MR) is 73.3 cm³/mol. The summed E-state index contributed by atoms with van der Waals surface area (Å²) < 4.78 is 10.8.